The average Bonchev–Trinajstić information content (AvgIpc) is 3.55. The number of hydrogen-bond acceptors (Lipinski definition) is 5. The summed E-state index contributed by atoms with van der Waals surface area (Å²) in [7, 11) is 0. The maximum Gasteiger partial charge on any atom is 0.274 e. The zero-order valence-corrected chi connectivity index (χ0v) is 20.7. The molecule has 9 heteroatoms. The number of carbonyl (C=O) groups excluding carboxylic acids is 3. The smallest absolute Gasteiger partial charge is 0.274 e. The summed E-state index contributed by atoms with van der Waals surface area (Å²) in [4.78, 5) is 39.7. The largest absolute Gasteiger partial charge is 0.326 e. The van der Waals surface area contributed by atoms with Crippen LogP contribution in [0.2, 0.25) is 0 Å². The van der Waals surface area contributed by atoms with Crippen molar-refractivity contribution in [1.29, 1.82) is 0 Å². The molecule has 37 heavy (non-hydrogen) atoms. The van der Waals surface area contributed by atoms with Gasteiger partial charge in [-0.1, -0.05) is 31.0 Å². The Labute approximate surface area is 214 Å². The number of likely N-dealkylation sites (tertiary alicyclic amines) is 1. The molecule has 1 aliphatic heterocycles. The molecule has 1 aromatic heterocycles. The summed E-state index contributed by atoms with van der Waals surface area (Å²) in [6, 6.07) is 12.9. The molecule has 1 aliphatic carbocycles. The maximum atomic E-state index is 14.9. The van der Waals surface area contributed by atoms with Crippen molar-refractivity contribution in [1.82, 2.24) is 14.7 Å². The highest BCUT2D eigenvalue weighted by atomic mass is 19.1. The van der Waals surface area contributed by atoms with E-state index >= 15 is 0 Å². The number of nitrogens with zero attached hydrogens (tertiary/aromatic N) is 3. The third-order valence-corrected chi connectivity index (χ3v) is 7.03. The summed E-state index contributed by atoms with van der Waals surface area (Å²) >= 11 is 0. The number of amides is 3. The molecule has 0 spiro atoms. The lowest BCUT2D eigenvalue weighted by atomic mass is 9.98. The predicted molar refractivity (Wildman–Crippen MR) is 136 cm³/mol. The quantitative estimate of drug-likeness (QED) is 0.420. The minimum absolute atomic E-state index is 0.0147. The molecule has 3 aromatic rings. The van der Waals surface area contributed by atoms with Gasteiger partial charge in [0.2, 0.25) is 11.8 Å². The molecule has 192 valence electrons. The molecule has 2 aromatic carbocycles. The van der Waals surface area contributed by atoms with E-state index in [0.717, 1.165) is 24.8 Å². The first kappa shape index (κ1) is 24.8. The third-order valence-electron chi connectivity index (χ3n) is 7.03. The highest BCUT2D eigenvalue weighted by molar-refractivity contribution is 6.04. The van der Waals surface area contributed by atoms with Gasteiger partial charge in [0.25, 0.3) is 5.91 Å². The molecule has 1 saturated carbocycles. The number of rotatable bonds is 9. The number of anilines is 1. The standard InChI is InChI=1S/C28H30FN5O3/c1-17-13-25(34(32-17)21-4-2-3-19(14-21)16-30)28(37)31-23-15-20(8-9-22(23)29)24(10-7-18-5-6-18)33-26(35)11-12-27(33)36/h2-4,8-9,13-15,18,24H,5-7,10-12,16,30H2,1H3,(H,31,37). The number of aromatic nitrogens is 2. The SMILES string of the molecule is Cc1cc(C(=O)Nc2cc(C(CCC3CC3)N3C(=O)CCC3=O)ccc2F)n(-c2cccc(CN)c2)n1. The van der Waals surface area contributed by atoms with Crippen LogP contribution in [0, 0.1) is 18.7 Å². The van der Waals surface area contributed by atoms with Crippen LogP contribution in [0.3, 0.4) is 0 Å². The topological polar surface area (TPSA) is 110 Å². The first-order chi connectivity index (χ1) is 17.8. The molecule has 5 rings (SSSR count). The normalized spacial score (nSPS) is 16.4. The molecule has 2 aliphatic rings. The molecule has 1 atom stereocenters. The van der Waals surface area contributed by atoms with Crippen LogP contribution in [0.5, 0.6) is 0 Å². The Kier molecular flexibility index (Phi) is 6.88. The summed E-state index contributed by atoms with van der Waals surface area (Å²) < 4.78 is 16.4. The molecule has 1 unspecified atom stereocenters. The highest BCUT2D eigenvalue weighted by Gasteiger charge is 2.37. The van der Waals surface area contributed by atoms with Gasteiger partial charge in [0.1, 0.15) is 11.5 Å². The second kappa shape index (κ2) is 10.3. The lowest BCUT2D eigenvalue weighted by Gasteiger charge is -2.27. The number of hydrogen-bond donors (Lipinski definition) is 2. The fourth-order valence-corrected chi connectivity index (χ4v) is 4.89. The number of aryl methyl sites for hydroxylation is 1. The van der Waals surface area contributed by atoms with Gasteiger partial charge < -0.3 is 11.1 Å². The molecule has 3 N–H and O–H groups in total. The van der Waals surface area contributed by atoms with Crippen LogP contribution in [-0.4, -0.2) is 32.4 Å². The molecule has 2 heterocycles. The van der Waals surface area contributed by atoms with E-state index in [4.69, 9.17) is 5.73 Å². The monoisotopic (exact) mass is 503 g/mol. The Morgan fingerprint density at radius 1 is 1.14 bits per heavy atom. The van der Waals surface area contributed by atoms with Crippen LogP contribution in [0.4, 0.5) is 10.1 Å². The van der Waals surface area contributed by atoms with E-state index in [1.165, 1.54) is 21.7 Å². The Hall–Kier alpha value is -3.85. The van der Waals surface area contributed by atoms with Gasteiger partial charge in [-0.15, -0.1) is 0 Å². The summed E-state index contributed by atoms with van der Waals surface area (Å²) in [5.74, 6) is -0.946. The summed E-state index contributed by atoms with van der Waals surface area (Å²) in [5.41, 5.74) is 8.80. The van der Waals surface area contributed by atoms with Crippen LogP contribution in [0.1, 0.15) is 71.9 Å². The van der Waals surface area contributed by atoms with Crippen molar-refractivity contribution in [2.24, 2.45) is 11.7 Å². The van der Waals surface area contributed by atoms with Crippen molar-refractivity contribution in [3.8, 4) is 5.69 Å². The Morgan fingerprint density at radius 2 is 1.89 bits per heavy atom. The van der Waals surface area contributed by atoms with E-state index in [1.807, 2.05) is 24.3 Å². The lowest BCUT2D eigenvalue weighted by molar-refractivity contribution is -0.141. The van der Waals surface area contributed by atoms with Crippen molar-refractivity contribution in [2.75, 3.05) is 5.32 Å². The Morgan fingerprint density at radius 3 is 2.59 bits per heavy atom. The van der Waals surface area contributed by atoms with Gasteiger partial charge in [-0.05, 0) is 67.1 Å². The molecule has 3 amide bonds. The van der Waals surface area contributed by atoms with Gasteiger partial charge in [0, 0.05) is 19.4 Å². The molecule has 2 fully saturated rings. The predicted octanol–water partition coefficient (Wildman–Crippen LogP) is 4.41. The lowest BCUT2D eigenvalue weighted by Crippen LogP contribution is -2.33. The van der Waals surface area contributed by atoms with Crippen molar-refractivity contribution in [3.05, 3.63) is 76.9 Å². The first-order valence-corrected chi connectivity index (χ1v) is 12.7. The number of carbonyl (C=O) groups is 3. The van der Waals surface area contributed by atoms with E-state index in [9.17, 15) is 18.8 Å². The van der Waals surface area contributed by atoms with Gasteiger partial charge in [-0.3, -0.25) is 19.3 Å². The van der Waals surface area contributed by atoms with E-state index in [-0.39, 0.29) is 36.0 Å². The van der Waals surface area contributed by atoms with Crippen molar-refractivity contribution >= 4 is 23.4 Å². The molecule has 8 nitrogen and oxygen atoms in total. The van der Waals surface area contributed by atoms with E-state index in [2.05, 4.69) is 10.4 Å². The van der Waals surface area contributed by atoms with E-state index in [1.54, 1.807) is 19.1 Å². The van der Waals surface area contributed by atoms with Crippen LogP contribution >= 0.6 is 0 Å². The fourth-order valence-electron chi connectivity index (χ4n) is 4.89. The molecule has 0 radical (unpaired) electrons. The fraction of sp³-hybridized carbons (Fsp3) is 0.357. The van der Waals surface area contributed by atoms with Crippen LogP contribution in [0.15, 0.2) is 48.5 Å². The van der Waals surface area contributed by atoms with Gasteiger partial charge in [-0.25, -0.2) is 9.07 Å². The van der Waals surface area contributed by atoms with E-state index in [0.29, 0.717) is 35.8 Å². The van der Waals surface area contributed by atoms with Crippen molar-refractivity contribution in [2.45, 2.75) is 58.0 Å². The second-order valence-electron chi connectivity index (χ2n) is 9.84. The summed E-state index contributed by atoms with van der Waals surface area (Å²) in [5, 5.41) is 7.12. The molecule has 1 saturated heterocycles. The van der Waals surface area contributed by atoms with Crippen LogP contribution in [0.25, 0.3) is 5.69 Å². The Bertz CT molecular complexity index is 1350. The number of nitrogens with two attached hydrogens (primary N) is 1. The third kappa shape index (κ3) is 5.32. The minimum atomic E-state index is -0.606. The maximum absolute atomic E-state index is 14.9. The van der Waals surface area contributed by atoms with Gasteiger partial charge in [0.15, 0.2) is 0 Å². The van der Waals surface area contributed by atoms with Gasteiger partial charge in [0.05, 0.1) is 23.1 Å². The van der Waals surface area contributed by atoms with Gasteiger partial charge in [-0.2, -0.15) is 5.10 Å². The molecular weight excluding hydrogens is 473 g/mol. The average molecular weight is 504 g/mol. The zero-order valence-electron chi connectivity index (χ0n) is 20.7. The second-order valence-corrected chi connectivity index (χ2v) is 9.84. The number of halogens is 1. The molecule has 0 bridgehead atoms. The zero-order chi connectivity index (χ0) is 26.1. The number of nitrogens with one attached hydrogen (secondary N) is 1. The number of benzene rings is 2. The molecular formula is C28H30FN5O3. The Balaban J connectivity index is 1.44. The van der Waals surface area contributed by atoms with Gasteiger partial charge >= 0.3 is 0 Å². The van der Waals surface area contributed by atoms with Crippen LogP contribution < -0.4 is 11.1 Å². The minimum Gasteiger partial charge on any atom is -0.326 e. The van der Waals surface area contributed by atoms with E-state index < -0.39 is 17.8 Å². The van der Waals surface area contributed by atoms with Crippen molar-refractivity contribution in [3.63, 3.8) is 0 Å². The number of imide groups is 1. The van der Waals surface area contributed by atoms with Crippen LogP contribution in [-0.2, 0) is 16.1 Å². The van der Waals surface area contributed by atoms with Crippen molar-refractivity contribution < 1.29 is 18.8 Å². The highest BCUT2D eigenvalue weighted by Crippen LogP contribution is 2.39. The summed E-state index contributed by atoms with van der Waals surface area (Å²) in [6.07, 6.45) is 4.20. The summed E-state index contributed by atoms with van der Waals surface area (Å²) in [6.45, 7) is 2.12. The first-order valence-electron chi connectivity index (χ1n) is 12.7.